The molecule has 0 aliphatic heterocycles. The molecule has 1 atom stereocenters. The number of fused-ring (bicyclic) bond motifs is 1. The van der Waals surface area contributed by atoms with E-state index in [2.05, 4.69) is 25.0 Å². The summed E-state index contributed by atoms with van der Waals surface area (Å²) in [5.74, 6) is -0.524. The Hall–Kier alpha value is -2.76. The quantitative estimate of drug-likeness (QED) is 0.437. The maximum atomic E-state index is 12.8. The number of nitrogens with two attached hydrogens (primary N) is 1. The SMILES string of the molecule is CCCNC(=O)[C@H](Cn1cnc2c(Cl)nc(N)nc21)NS(=O)(=O)c1ccc(C)cc1. The highest BCUT2D eigenvalue weighted by Gasteiger charge is 2.27. The van der Waals surface area contributed by atoms with Crippen LogP contribution in [0.15, 0.2) is 35.5 Å². The number of hydrogen-bond donors (Lipinski definition) is 3. The molecule has 1 aromatic carbocycles. The van der Waals surface area contributed by atoms with E-state index in [1.807, 2.05) is 13.8 Å². The summed E-state index contributed by atoms with van der Waals surface area (Å²) in [6.45, 7) is 4.10. The van der Waals surface area contributed by atoms with Gasteiger partial charge in [-0.05, 0) is 25.5 Å². The maximum absolute atomic E-state index is 12.8. The first-order valence-corrected chi connectivity index (χ1v) is 11.1. The normalized spacial score (nSPS) is 12.8. The number of anilines is 1. The van der Waals surface area contributed by atoms with E-state index in [-0.39, 0.29) is 22.5 Å². The summed E-state index contributed by atoms with van der Waals surface area (Å²) in [7, 11) is -3.95. The van der Waals surface area contributed by atoms with E-state index in [1.54, 1.807) is 12.1 Å². The van der Waals surface area contributed by atoms with Crippen LogP contribution in [-0.4, -0.2) is 46.4 Å². The van der Waals surface area contributed by atoms with Crippen LogP contribution >= 0.6 is 11.6 Å². The van der Waals surface area contributed by atoms with Crippen LogP contribution in [0.1, 0.15) is 18.9 Å². The fourth-order valence-electron chi connectivity index (χ4n) is 2.77. The Kier molecular flexibility index (Phi) is 6.54. The first kappa shape index (κ1) is 21.9. The lowest BCUT2D eigenvalue weighted by molar-refractivity contribution is -0.123. The molecule has 2 heterocycles. The highest BCUT2D eigenvalue weighted by atomic mass is 35.5. The zero-order valence-electron chi connectivity index (χ0n) is 16.5. The molecule has 0 spiro atoms. The molecule has 12 heteroatoms. The molecule has 0 saturated carbocycles. The van der Waals surface area contributed by atoms with E-state index < -0.39 is 22.0 Å². The number of rotatable bonds is 8. The van der Waals surface area contributed by atoms with Gasteiger partial charge in [0.05, 0.1) is 17.8 Å². The van der Waals surface area contributed by atoms with Gasteiger partial charge in [0.25, 0.3) is 0 Å². The average Bonchev–Trinajstić information content (AvgIpc) is 3.08. The van der Waals surface area contributed by atoms with Gasteiger partial charge in [-0.3, -0.25) is 4.79 Å². The largest absolute Gasteiger partial charge is 0.368 e. The second-order valence-electron chi connectivity index (χ2n) is 6.72. The van der Waals surface area contributed by atoms with Crippen molar-refractivity contribution in [3.05, 3.63) is 41.3 Å². The van der Waals surface area contributed by atoms with E-state index in [0.717, 1.165) is 5.56 Å². The summed E-state index contributed by atoms with van der Waals surface area (Å²) in [6, 6.07) is 5.23. The number of amides is 1. The van der Waals surface area contributed by atoms with Gasteiger partial charge in [0.1, 0.15) is 11.6 Å². The summed E-state index contributed by atoms with van der Waals surface area (Å²) < 4.78 is 29.7. The first-order chi connectivity index (χ1) is 14.2. The molecule has 30 heavy (non-hydrogen) atoms. The highest BCUT2D eigenvalue weighted by molar-refractivity contribution is 7.89. The fourth-order valence-corrected chi connectivity index (χ4v) is 4.18. The number of nitrogen functional groups attached to an aromatic ring is 1. The molecule has 3 aromatic rings. The minimum atomic E-state index is -3.95. The highest BCUT2D eigenvalue weighted by Crippen LogP contribution is 2.20. The molecule has 2 aromatic heterocycles. The molecule has 4 N–H and O–H groups in total. The Bertz CT molecular complexity index is 1160. The Balaban J connectivity index is 1.93. The van der Waals surface area contributed by atoms with Crippen molar-refractivity contribution in [2.45, 2.75) is 37.8 Å². The fraction of sp³-hybridized carbons (Fsp3) is 0.333. The molecule has 160 valence electrons. The second kappa shape index (κ2) is 8.94. The predicted molar refractivity (Wildman–Crippen MR) is 113 cm³/mol. The van der Waals surface area contributed by atoms with Gasteiger partial charge in [-0.2, -0.15) is 14.7 Å². The number of hydrogen-bond acceptors (Lipinski definition) is 7. The molecule has 0 unspecified atom stereocenters. The van der Waals surface area contributed by atoms with Crippen molar-refractivity contribution in [3.8, 4) is 0 Å². The van der Waals surface area contributed by atoms with E-state index in [4.69, 9.17) is 17.3 Å². The van der Waals surface area contributed by atoms with Crippen molar-refractivity contribution >= 4 is 44.6 Å². The van der Waals surface area contributed by atoms with Crippen molar-refractivity contribution in [3.63, 3.8) is 0 Å². The number of nitrogens with zero attached hydrogens (tertiary/aromatic N) is 4. The summed E-state index contributed by atoms with van der Waals surface area (Å²) in [4.78, 5) is 24.9. The van der Waals surface area contributed by atoms with Gasteiger partial charge in [0, 0.05) is 6.54 Å². The van der Waals surface area contributed by atoms with Gasteiger partial charge in [-0.15, -0.1) is 0 Å². The molecular formula is C18H22ClN7O3S. The number of sulfonamides is 1. The van der Waals surface area contributed by atoms with Crippen LogP contribution in [0.3, 0.4) is 0 Å². The third-order valence-corrected chi connectivity index (χ3v) is 6.06. The minimum absolute atomic E-state index is 0.0542. The molecule has 0 bridgehead atoms. The zero-order chi connectivity index (χ0) is 21.9. The number of imidazole rings is 1. The van der Waals surface area contributed by atoms with Crippen molar-refractivity contribution < 1.29 is 13.2 Å². The van der Waals surface area contributed by atoms with Crippen molar-refractivity contribution in [2.24, 2.45) is 0 Å². The van der Waals surface area contributed by atoms with Crippen molar-refractivity contribution in [1.29, 1.82) is 0 Å². The van der Waals surface area contributed by atoms with Crippen LogP contribution in [0, 0.1) is 6.92 Å². The lowest BCUT2D eigenvalue weighted by atomic mass is 10.2. The zero-order valence-corrected chi connectivity index (χ0v) is 18.0. The minimum Gasteiger partial charge on any atom is -0.368 e. The van der Waals surface area contributed by atoms with Gasteiger partial charge >= 0.3 is 0 Å². The average molecular weight is 452 g/mol. The monoisotopic (exact) mass is 451 g/mol. The van der Waals surface area contributed by atoms with Crippen molar-refractivity contribution in [1.82, 2.24) is 29.6 Å². The maximum Gasteiger partial charge on any atom is 0.241 e. The standard InChI is InChI=1S/C18H22ClN7O3S/c1-3-8-21-17(27)13(25-30(28,29)12-6-4-11(2)5-7-12)9-26-10-22-14-15(19)23-18(20)24-16(14)26/h4-7,10,13,25H,3,8-9H2,1-2H3,(H,21,27)(H2,20,23,24)/t13-/m0/s1. The van der Waals surface area contributed by atoms with Crippen molar-refractivity contribution in [2.75, 3.05) is 12.3 Å². The second-order valence-corrected chi connectivity index (χ2v) is 8.79. The third kappa shape index (κ3) is 4.86. The molecule has 0 aliphatic carbocycles. The summed E-state index contributed by atoms with van der Waals surface area (Å²) in [5, 5.41) is 2.79. The number of carbonyl (C=O) groups excluding carboxylic acids is 1. The predicted octanol–water partition coefficient (Wildman–Crippen LogP) is 1.24. The first-order valence-electron chi connectivity index (χ1n) is 9.22. The Labute approximate surface area is 178 Å². The van der Waals surface area contributed by atoms with Crippen LogP contribution in [0.25, 0.3) is 11.2 Å². The van der Waals surface area contributed by atoms with E-state index >= 15 is 0 Å². The van der Waals surface area contributed by atoms with Crippen LogP contribution in [-0.2, 0) is 21.4 Å². The third-order valence-electron chi connectivity index (χ3n) is 4.31. The molecule has 10 nitrogen and oxygen atoms in total. The lowest BCUT2D eigenvalue weighted by Gasteiger charge is -2.19. The number of aryl methyl sites for hydroxylation is 1. The molecular weight excluding hydrogens is 430 g/mol. The smallest absolute Gasteiger partial charge is 0.241 e. The molecule has 1 amide bonds. The van der Waals surface area contributed by atoms with Gasteiger partial charge in [-0.1, -0.05) is 36.2 Å². The number of aromatic nitrogens is 4. The van der Waals surface area contributed by atoms with E-state index in [0.29, 0.717) is 24.1 Å². The Morgan fingerprint density at radius 2 is 1.97 bits per heavy atom. The summed E-state index contributed by atoms with van der Waals surface area (Å²) in [6.07, 6.45) is 2.11. The topological polar surface area (TPSA) is 145 Å². The summed E-state index contributed by atoms with van der Waals surface area (Å²) >= 11 is 6.04. The van der Waals surface area contributed by atoms with E-state index in [1.165, 1.54) is 23.0 Å². The molecule has 0 aliphatic rings. The van der Waals surface area contributed by atoms with Gasteiger partial charge < -0.3 is 15.6 Å². The van der Waals surface area contributed by atoms with Gasteiger partial charge in [0.2, 0.25) is 21.9 Å². The molecule has 0 saturated heterocycles. The van der Waals surface area contributed by atoms with Gasteiger partial charge in [-0.25, -0.2) is 13.4 Å². The number of benzene rings is 1. The number of nitrogens with one attached hydrogen (secondary N) is 2. The molecule has 0 fully saturated rings. The Morgan fingerprint density at radius 1 is 1.27 bits per heavy atom. The number of carbonyl (C=O) groups is 1. The van der Waals surface area contributed by atoms with Crippen LogP contribution in [0.4, 0.5) is 5.95 Å². The van der Waals surface area contributed by atoms with Crippen LogP contribution in [0.5, 0.6) is 0 Å². The molecule has 0 radical (unpaired) electrons. The number of halogens is 1. The van der Waals surface area contributed by atoms with Gasteiger partial charge in [0.15, 0.2) is 10.8 Å². The molecule has 3 rings (SSSR count). The van der Waals surface area contributed by atoms with Crippen LogP contribution < -0.4 is 15.8 Å². The Morgan fingerprint density at radius 3 is 2.63 bits per heavy atom. The summed E-state index contributed by atoms with van der Waals surface area (Å²) in [5.41, 5.74) is 7.19. The van der Waals surface area contributed by atoms with Crippen LogP contribution in [0.2, 0.25) is 5.15 Å². The lowest BCUT2D eigenvalue weighted by Crippen LogP contribution is -2.49. The van der Waals surface area contributed by atoms with E-state index in [9.17, 15) is 13.2 Å².